The third kappa shape index (κ3) is 4.17. The summed E-state index contributed by atoms with van der Waals surface area (Å²) < 4.78 is 0. The van der Waals surface area contributed by atoms with Crippen molar-refractivity contribution in [3.8, 4) is 0 Å². The van der Waals surface area contributed by atoms with Gasteiger partial charge in [0.15, 0.2) is 0 Å². The highest BCUT2D eigenvalue weighted by Gasteiger charge is 2.17. The Morgan fingerprint density at radius 2 is 1.31 bits per heavy atom. The fourth-order valence-electron chi connectivity index (χ4n) is 3.30. The minimum absolute atomic E-state index is 0. The maximum Gasteiger partial charge on any atom is 0.0872 e. The van der Waals surface area contributed by atoms with Crippen molar-refractivity contribution in [3.05, 3.63) is 83.9 Å². The number of hydrogen-bond donors (Lipinski definition) is 1. The normalized spacial score (nSPS) is 17.0. The topological polar surface area (TPSA) is 18.5 Å². The minimum atomic E-state index is 0. The molecule has 2 aliphatic heterocycles. The quantitative estimate of drug-likeness (QED) is 0.826. The summed E-state index contributed by atoms with van der Waals surface area (Å²) >= 11 is 5.94. The molecular formula is C21H22Cl2N3. The monoisotopic (exact) mass is 386 g/mol. The van der Waals surface area contributed by atoms with Crippen molar-refractivity contribution >= 4 is 41.1 Å². The molecule has 3 nitrogen and oxygen atoms in total. The van der Waals surface area contributed by atoms with Crippen molar-refractivity contribution in [1.82, 2.24) is 5.32 Å². The number of dihydropyridines is 1. The molecule has 1 radical (unpaired) electrons. The summed E-state index contributed by atoms with van der Waals surface area (Å²) in [6, 6.07) is 19.4. The minimum Gasteiger partial charge on any atom is -0.374 e. The van der Waals surface area contributed by atoms with E-state index in [1.807, 2.05) is 18.7 Å². The van der Waals surface area contributed by atoms with Crippen LogP contribution in [0.5, 0.6) is 0 Å². The molecule has 1 N–H and O–H groups in total. The highest BCUT2D eigenvalue weighted by atomic mass is 35.5. The largest absolute Gasteiger partial charge is 0.374 e. The molecule has 135 valence electrons. The lowest BCUT2D eigenvalue weighted by Crippen LogP contribution is -2.46. The Morgan fingerprint density at radius 1 is 0.731 bits per heavy atom. The number of nitrogens with zero attached hydrogens (tertiary/aromatic N) is 2. The van der Waals surface area contributed by atoms with Crippen LogP contribution in [-0.2, 0) is 0 Å². The zero-order chi connectivity index (χ0) is 17.1. The van der Waals surface area contributed by atoms with Gasteiger partial charge in [-0.1, -0.05) is 41.9 Å². The van der Waals surface area contributed by atoms with Crippen molar-refractivity contribution in [1.29, 1.82) is 0 Å². The number of allylic oxidation sites excluding steroid dienone is 2. The predicted octanol–water partition coefficient (Wildman–Crippen LogP) is 4.66. The molecule has 4 rings (SSSR count). The van der Waals surface area contributed by atoms with Gasteiger partial charge in [0.2, 0.25) is 0 Å². The Kier molecular flexibility index (Phi) is 6.12. The standard InChI is InChI=1S/C21H21ClN3.ClH/c22-18-8-11-21(23-16-18)17-6-9-20(10-7-17)25-14-12-24(13-15-25)19-4-2-1-3-5-19;/h1-11,16,23H,12-15H2;1H. The molecule has 0 saturated carbocycles. The second-order valence-electron chi connectivity index (χ2n) is 6.28. The fourth-order valence-corrected chi connectivity index (χ4v) is 3.42. The molecular weight excluding hydrogens is 365 g/mol. The van der Waals surface area contributed by atoms with Crippen LogP contribution < -0.4 is 15.1 Å². The summed E-state index contributed by atoms with van der Waals surface area (Å²) in [6.45, 7) is 6.00. The molecule has 0 spiro atoms. The molecule has 26 heavy (non-hydrogen) atoms. The first-order valence-corrected chi connectivity index (χ1v) is 9.00. The Balaban J connectivity index is 0.00000196. The van der Waals surface area contributed by atoms with Crippen LogP contribution in [0.25, 0.3) is 5.70 Å². The smallest absolute Gasteiger partial charge is 0.0872 e. The van der Waals surface area contributed by atoms with Crippen LogP contribution in [0.4, 0.5) is 11.4 Å². The average Bonchev–Trinajstić information content (AvgIpc) is 2.70. The van der Waals surface area contributed by atoms with E-state index in [1.165, 1.54) is 16.9 Å². The van der Waals surface area contributed by atoms with Gasteiger partial charge >= 0.3 is 0 Å². The van der Waals surface area contributed by atoms with Crippen molar-refractivity contribution in [2.45, 2.75) is 0 Å². The Hall–Kier alpha value is -2.10. The third-order valence-electron chi connectivity index (χ3n) is 4.72. The van der Waals surface area contributed by atoms with Gasteiger partial charge in [-0.3, -0.25) is 0 Å². The van der Waals surface area contributed by atoms with Gasteiger partial charge in [0.25, 0.3) is 0 Å². The van der Waals surface area contributed by atoms with E-state index in [0.717, 1.165) is 36.9 Å². The number of hydrogen-bond acceptors (Lipinski definition) is 3. The molecule has 5 heteroatoms. The lowest BCUT2D eigenvalue weighted by Gasteiger charge is -2.37. The summed E-state index contributed by atoms with van der Waals surface area (Å²) in [5.41, 5.74) is 4.84. The maximum atomic E-state index is 5.94. The summed E-state index contributed by atoms with van der Waals surface area (Å²) in [5.74, 6) is 0. The van der Waals surface area contributed by atoms with E-state index in [4.69, 9.17) is 11.6 Å². The van der Waals surface area contributed by atoms with E-state index in [2.05, 4.69) is 69.7 Å². The predicted molar refractivity (Wildman–Crippen MR) is 114 cm³/mol. The van der Waals surface area contributed by atoms with E-state index < -0.39 is 0 Å². The van der Waals surface area contributed by atoms with Crippen LogP contribution in [0.2, 0.25) is 0 Å². The number of para-hydroxylation sites is 1. The first kappa shape index (κ1) is 18.7. The molecule has 0 unspecified atom stereocenters. The summed E-state index contributed by atoms with van der Waals surface area (Å²) in [5, 5.41) is 3.94. The zero-order valence-electron chi connectivity index (χ0n) is 14.4. The molecule has 0 aliphatic carbocycles. The Bertz CT molecular complexity index is 777. The van der Waals surface area contributed by atoms with Crippen molar-refractivity contribution in [2.75, 3.05) is 36.0 Å². The molecule has 1 fully saturated rings. The van der Waals surface area contributed by atoms with Crippen LogP contribution >= 0.6 is 24.0 Å². The summed E-state index contributed by atoms with van der Waals surface area (Å²) in [7, 11) is 0. The lowest BCUT2D eigenvalue weighted by molar-refractivity contribution is 0.653. The molecule has 2 aromatic rings. The highest BCUT2D eigenvalue weighted by molar-refractivity contribution is 6.31. The molecule has 0 amide bonds. The highest BCUT2D eigenvalue weighted by Crippen LogP contribution is 2.24. The third-order valence-corrected chi connectivity index (χ3v) is 4.95. The molecule has 2 aromatic carbocycles. The van der Waals surface area contributed by atoms with Crippen LogP contribution in [-0.4, -0.2) is 26.2 Å². The second kappa shape index (κ2) is 8.52. The Morgan fingerprint density at radius 3 is 1.85 bits per heavy atom. The average molecular weight is 387 g/mol. The molecule has 2 aliphatic rings. The van der Waals surface area contributed by atoms with Gasteiger partial charge < -0.3 is 15.1 Å². The maximum absolute atomic E-state index is 5.94. The number of halogens is 2. The molecule has 0 bridgehead atoms. The number of anilines is 2. The van der Waals surface area contributed by atoms with Gasteiger partial charge in [-0.25, -0.2) is 0 Å². The van der Waals surface area contributed by atoms with Gasteiger partial charge in [-0.05, 0) is 42.0 Å². The van der Waals surface area contributed by atoms with Gasteiger partial charge in [0.1, 0.15) is 0 Å². The van der Waals surface area contributed by atoms with Gasteiger partial charge in [0, 0.05) is 48.3 Å². The van der Waals surface area contributed by atoms with Crippen molar-refractivity contribution in [2.24, 2.45) is 0 Å². The van der Waals surface area contributed by atoms with E-state index in [0.29, 0.717) is 0 Å². The SMILES string of the molecule is Cl.ClC1=CC=C(c2ccc(N3CCN(c4ccccc4)CC3)cc2)N[CH]1. The van der Waals surface area contributed by atoms with Crippen LogP contribution in [0.3, 0.4) is 0 Å². The van der Waals surface area contributed by atoms with Crippen molar-refractivity contribution in [3.63, 3.8) is 0 Å². The number of nitrogens with one attached hydrogen (secondary N) is 1. The van der Waals surface area contributed by atoms with E-state index in [9.17, 15) is 0 Å². The molecule has 0 aromatic heterocycles. The molecule has 0 atom stereocenters. The Labute approximate surface area is 166 Å². The van der Waals surface area contributed by atoms with Crippen LogP contribution in [0.1, 0.15) is 5.56 Å². The van der Waals surface area contributed by atoms with Gasteiger partial charge in [0.05, 0.1) is 6.54 Å². The summed E-state index contributed by atoms with van der Waals surface area (Å²) in [4.78, 5) is 4.91. The van der Waals surface area contributed by atoms with Gasteiger partial charge in [-0.15, -0.1) is 12.4 Å². The summed E-state index contributed by atoms with van der Waals surface area (Å²) in [6.07, 6.45) is 3.92. The first-order chi connectivity index (χ1) is 12.3. The fraction of sp³-hybridized carbons (Fsp3) is 0.190. The first-order valence-electron chi connectivity index (χ1n) is 8.62. The number of rotatable bonds is 3. The number of benzene rings is 2. The lowest BCUT2D eigenvalue weighted by atomic mass is 10.1. The van der Waals surface area contributed by atoms with Gasteiger partial charge in [-0.2, -0.15) is 0 Å². The molecule has 1 saturated heterocycles. The van der Waals surface area contributed by atoms with Crippen molar-refractivity contribution < 1.29 is 0 Å². The molecule has 2 heterocycles. The van der Waals surface area contributed by atoms with Crippen LogP contribution in [0.15, 0.2) is 71.8 Å². The van der Waals surface area contributed by atoms with E-state index >= 15 is 0 Å². The van der Waals surface area contributed by atoms with E-state index in [1.54, 1.807) is 0 Å². The van der Waals surface area contributed by atoms with Crippen LogP contribution in [0, 0.1) is 6.54 Å². The number of piperazine rings is 1. The zero-order valence-corrected chi connectivity index (χ0v) is 16.0. The van der Waals surface area contributed by atoms with E-state index in [-0.39, 0.29) is 12.4 Å². The second-order valence-corrected chi connectivity index (χ2v) is 6.71.